The van der Waals surface area contributed by atoms with Crippen LogP contribution in [0, 0.1) is 0 Å². The van der Waals surface area contributed by atoms with Crippen LogP contribution < -0.4 is 11.1 Å². The Balaban J connectivity index is 1.83. The molecule has 6 heteroatoms. The van der Waals surface area contributed by atoms with Gasteiger partial charge in [0.1, 0.15) is 10.8 Å². The van der Waals surface area contributed by atoms with Crippen LogP contribution in [0.1, 0.15) is 10.6 Å². The summed E-state index contributed by atoms with van der Waals surface area (Å²) in [5, 5.41) is 14.6. The van der Waals surface area contributed by atoms with Crippen LogP contribution in [0.3, 0.4) is 0 Å². The van der Waals surface area contributed by atoms with Gasteiger partial charge < -0.3 is 16.2 Å². The molecule has 1 heterocycles. The lowest BCUT2D eigenvalue weighted by molar-refractivity contribution is -0.122. The highest BCUT2D eigenvalue weighted by atomic mass is 32.1. The van der Waals surface area contributed by atoms with E-state index in [1.54, 1.807) is 30.5 Å². The van der Waals surface area contributed by atoms with Crippen LogP contribution in [0.4, 0.5) is 0 Å². The number of carbonyl (C=O) groups is 1. The molecule has 0 saturated heterocycles. The van der Waals surface area contributed by atoms with E-state index >= 15 is 0 Å². The van der Waals surface area contributed by atoms with Crippen molar-refractivity contribution < 1.29 is 9.90 Å². The monoisotopic (exact) mass is 277 g/mol. The molecule has 1 aromatic carbocycles. The number of hydrogen-bond acceptors (Lipinski definition) is 5. The Labute approximate surface area is 115 Å². The Morgan fingerprint density at radius 1 is 1.42 bits per heavy atom. The van der Waals surface area contributed by atoms with Crippen LogP contribution in [0.5, 0.6) is 5.75 Å². The molecule has 0 spiro atoms. The molecule has 4 N–H and O–H groups in total. The zero-order valence-corrected chi connectivity index (χ0v) is 11.1. The van der Waals surface area contributed by atoms with Gasteiger partial charge in [-0.3, -0.25) is 4.79 Å². The van der Waals surface area contributed by atoms with Crippen molar-refractivity contribution in [2.24, 2.45) is 5.73 Å². The number of thiazole rings is 1. The molecular weight excluding hydrogens is 262 g/mol. The third kappa shape index (κ3) is 4.04. The largest absolute Gasteiger partial charge is 0.508 e. The Kier molecular flexibility index (Phi) is 4.48. The Hall–Kier alpha value is -1.92. The molecule has 0 bridgehead atoms. The summed E-state index contributed by atoms with van der Waals surface area (Å²) in [4.78, 5) is 15.9. The van der Waals surface area contributed by atoms with E-state index in [4.69, 9.17) is 5.73 Å². The maximum atomic E-state index is 11.8. The number of carbonyl (C=O) groups excluding carboxylic acids is 1. The lowest BCUT2D eigenvalue weighted by atomic mass is 10.1. The first-order valence-corrected chi connectivity index (χ1v) is 6.72. The van der Waals surface area contributed by atoms with Gasteiger partial charge in [0.15, 0.2) is 0 Å². The van der Waals surface area contributed by atoms with Crippen molar-refractivity contribution in [1.29, 1.82) is 0 Å². The summed E-state index contributed by atoms with van der Waals surface area (Å²) in [5.41, 5.74) is 6.75. The molecule has 0 aliphatic heterocycles. The highest BCUT2D eigenvalue weighted by Gasteiger charge is 2.14. The van der Waals surface area contributed by atoms with E-state index in [-0.39, 0.29) is 11.7 Å². The van der Waals surface area contributed by atoms with E-state index in [9.17, 15) is 9.90 Å². The lowest BCUT2D eigenvalue weighted by Crippen LogP contribution is -2.41. The number of hydrogen-bond donors (Lipinski definition) is 3. The number of benzene rings is 1. The van der Waals surface area contributed by atoms with Gasteiger partial charge in [0.2, 0.25) is 5.91 Å². The molecule has 19 heavy (non-hydrogen) atoms. The lowest BCUT2D eigenvalue weighted by Gasteiger charge is -2.11. The van der Waals surface area contributed by atoms with Crippen LogP contribution in [0.2, 0.25) is 0 Å². The first-order valence-electron chi connectivity index (χ1n) is 5.84. The zero-order chi connectivity index (χ0) is 13.7. The molecule has 2 aromatic rings. The number of phenolic OH excluding ortho intramolecular Hbond substituents is 1. The minimum atomic E-state index is -0.607. The maximum Gasteiger partial charge on any atom is 0.237 e. The number of aromatic nitrogens is 1. The topological polar surface area (TPSA) is 88.2 Å². The van der Waals surface area contributed by atoms with Crippen molar-refractivity contribution in [3.63, 3.8) is 0 Å². The van der Waals surface area contributed by atoms with E-state index in [1.807, 2.05) is 5.38 Å². The summed E-state index contributed by atoms with van der Waals surface area (Å²) in [6.07, 6.45) is 2.13. The molecule has 0 saturated carbocycles. The first kappa shape index (κ1) is 13.5. The molecular formula is C13H15N3O2S. The van der Waals surface area contributed by atoms with E-state index in [1.165, 1.54) is 11.3 Å². The van der Waals surface area contributed by atoms with Crippen LogP contribution >= 0.6 is 11.3 Å². The molecule has 0 aliphatic carbocycles. The van der Waals surface area contributed by atoms with Gasteiger partial charge in [0, 0.05) is 11.6 Å². The third-order valence-electron chi connectivity index (χ3n) is 2.63. The van der Waals surface area contributed by atoms with Gasteiger partial charge in [-0.2, -0.15) is 0 Å². The van der Waals surface area contributed by atoms with Gasteiger partial charge in [0.05, 0.1) is 12.6 Å². The summed E-state index contributed by atoms with van der Waals surface area (Å²) in [7, 11) is 0. The molecule has 0 aliphatic rings. The molecule has 1 atom stereocenters. The molecule has 5 nitrogen and oxygen atoms in total. The fourth-order valence-electron chi connectivity index (χ4n) is 1.61. The van der Waals surface area contributed by atoms with Gasteiger partial charge >= 0.3 is 0 Å². The van der Waals surface area contributed by atoms with Crippen LogP contribution in [-0.2, 0) is 17.8 Å². The van der Waals surface area contributed by atoms with Gasteiger partial charge in [-0.05, 0) is 24.1 Å². The van der Waals surface area contributed by atoms with Crippen molar-refractivity contribution in [2.75, 3.05) is 0 Å². The summed E-state index contributed by atoms with van der Waals surface area (Å²) < 4.78 is 0. The van der Waals surface area contributed by atoms with Crippen LogP contribution in [0.25, 0.3) is 0 Å². The minimum absolute atomic E-state index is 0.200. The number of nitrogens with one attached hydrogen (secondary N) is 1. The maximum absolute atomic E-state index is 11.8. The van der Waals surface area contributed by atoms with Crippen LogP contribution in [0.15, 0.2) is 35.8 Å². The van der Waals surface area contributed by atoms with Crippen molar-refractivity contribution in [2.45, 2.75) is 19.0 Å². The van der Waals surface area contributed by atoms with E-state index in [0.29, 0.717) is 13.0 Å². The van der Waals surface area contributed by atoms with Crippen molar-refractivity contribution in [1.82, 2.24) is 10.3 Å². The fraction of sp³-hybridized carbons (Fsp3) is 0.231. The first-order chi connectivity index (χ1) is 9.15. The highest BCUT2D eigenvalue weighted by molar-refractivity contribution is 7.09. The number of amides is 1. The van der Waals surface area contributed by atoms with E-state index < -0.39 is 6.04 Å². The zero-order valence-electron chi connectivity index (χ0n) is 10.2. The average molecular weight is 277 g/mol. The second-order valence-electron chi connectivity index (χ2n) is 4.12. The molecule has 0 fully saturated rings. The smallest absolute Gasteiger partial charge is 0.237 e. The highest BCUT2D eigenvalue weighted by Crippen LogP contribution is 2.11. The number of rotatable bonds is 5. The van der Waals surface area contributed by atoms with Gasteiger partial charge in [-0.25, -0.2) is 4.98 Å². The average Bonchev–Trinajstić information content (AvgIpc) is 2.91. The molecule has 2 rings (SSSR count). The summed E-state index contributed by atoms with van der Waals surface area (Å²) >= 11 is 1.49. The molecule has 1 amide bonds. The van der Waals surface area contributed by atoms with Crippen molar-refractivity contribution in [3.05, 3.63) is 46.4 Å². The molecule has 1 aromatic heterocycles. The van der Waals surface area contributed by atoms with Gasteiger partial charge in [0.25, 0.3) is 0 Å². The Morgan fingerprint density at radius 2 is 2.16 bits per heavy atom. The normalized spacial score (nSPS) is 12.1. The van der Waals surface area contributed by atoms with E-state index in [2.05, 4.69) is 10.3 Å². The summed E-state index contributed by atoms with van der Waals surface area (Å²) in [6.45, 7) is 0.403. The Morgan fingerprint density at radius 3 is 2.79 bits per heavy atom. The quantitative estimate of drug-likeness (QED) is 0.762. The van der Waals surface area contributed by atoms with Gasteiger partial charge in [-0.15, -0.1) is 11.3 Å². The number of nitrogens with zero attached hydrogens (tertiary/aromatic N) is 1. The second kappa shape index (κ2) is 6.31. The molecule has 0 radical (unpaired) electrons. The number of aromatic hydroxyl groups is 1. The fourth-order valence-corrected chi connectivity index (χ4v) is 2.17. The van der Waals surface area contributed by atoms with E-state index in [0.717, 1.165) is 10.6 Å². The van der Waals surface area contributed by atoms with Crippen LogP contribution in [-0.4, -0.2) is 22.0 Å². The predicted octanol–water partition coefficient (Wildman–Crippen LogP) is 1.03. The summed E-state index contributed by atoms with van der Waals surface area (Å²) in [6, 6.07) is 6.06. The summed E-state index contributed by atoms with van der Waals surface area (Å²) in [5.74, 6) is -0.00572. The van der Waals surface area contributed by atoms with Gasteiger partial charge in [-0.1, -0.05) is 12.1 Å². The molecule has 1 unspecified atom stereocenters. The SMILES string of the molecule is NC(Cc1ccc(O)cc1)C(=O)NCc1nccs1. The predicted molar refractivity (Wildman–Crippen MR) is 73.7 cm³/mol. The minimum Gasteiger partial charge on any atom is -0.508 e. The third-order valence-corrected chi connectivity index (χ3v) is 3.41. The standard InChI is InChI=1S/C13H15N3O2S/c14-11(7-9-1-3-10(17)4-2-9)13(18)16-8-12-15-5-6-19-12/h1-6,11,17H,7-8,14H2,(H,16,18). The molecule has 100 valence electrons. The Bertz CT molecular complexity index is 525. The number of phenols is 1. The second-order valence-corrected chi connectivity index (χ2v) is 5.10. The van der Waals surface area contributed by atoms with Crippen molar-refractivity contribution >= 4 is 17.2 Å². The number of nitrogens with two attached hydrogens (primary N) is 1. The van der Waals surface area contributed by atoms with Crippen molar-refractivity contribution in [3.8, 4) is 5.75 Å².